The zero-order chi connectivity index (χ0) is 25.2. The summed E-state index contributed by atoms with van der Waals surface area (Å²) in [6.07, 6.45) is -0.0897. The number of hydrogen-bond acceptors (Lipinski definition) is 7. The fraction of sp³-hybridized carbons (Fsp3) is 0.286. The molecule has 0 saturated carbocycles. The van der Waals surface area contributed by atoms with Gasteiger partial charge in [0.2, 0.25) is 5.91 Å². The summed E-state index contributed by atoms with van der Waals surface area (Å²) in [6, 6.07) is 21.2. The third kappa shape index (κ3) is 4.03. The second-order valence-electron chi connectivity index (χ2n) is 8.62. The molecule has 0 aromatic heterocycles. The van der Waals surface area contributed by atoms with E-state index in [1.165, 1.54) is 4.90 Å². The van der Waals surface area contributed by atoms with Crippen LogP contribution in [0.3, 0.4) is 0 Å². The number of para-hydroxylation sites is 1. The van der Waals surface area contributed by atoms with Gasteiger partial charge in [-0.15, -0.1) is 0 Å². The number of anilines is 2. The van der Waals surface area contributed by atoms with Crippen LogP contribution in [0.15, 0.2) is 72.8 Å². The van der Waals surface area contributed by atoms with Gasteiger partial charge in [-0.05, 0) is 61.0 Å². The Bertz CT molecular complexity index is 1250. The molecule has 0 aliphatic carbocycles. The molecule has 186 valence electrons. The van der Waals surface area contributed by atoms with Crippen molar-refractivity contribution in [2.45, 2.75) is 25.5 Å². The molecule has 2 amide bonds. The quantitative estimate of drug-likeness (QED) is 0.431. The minimum absolute atomic E-state index is 0.333. The number of carbonyl (C=O) groups excluding carboxylic acids is 2. The molecule has 3 atom stereocenters. The smallest absolute Gasteiger partial charge is 0.266 e. The van der Waals surface area contributed by atoms with Gasteiger partial charge in [0.05, 0.1) is 32.2 Å². The number of benzene rings is 3. The Kier molecular flexibility index (Phi) is 6.52. The van der Waals surface area contributed by atoms with Crippen LogP contribution < -0.4 is 24.2 Å². The first kappa shape index (κ1) is 23.7. The Hall–Kier alpha value is -4.04. The lowest BCUT2D eigenvalue weighted by Gasteiger charge is -2.29. The Morgan fingerprint density at radius 3 is 2.22 bits per heavy atom. The van der Waals surface area contributed by atoms with Crippen LogP contribution in [0.2, 0.25) is 0 Å². The molecule has 0 bridgehead atoms. The number of hydrogen-bond donors (Lipinski definition) is 0. The lowest BCUT2D eigenvalue weighted by Crippen LogP contribution is -2.37. The summed E-state index contributed by atoms with van der Waals surface area (Å²) in [7, 11) is 3.15. The molecular formula is C28H28N2O6. The predicted molar refractivity (Wildman–Crippen MR) is 134 cm³/mol. The zero-order valence-electron chi connectivity index (χ0n) is 20.4. The minimum Gasteiger partial charge on any atom is -0.497 e. The van der Waals surface area contributed by atoms with Crippen molar-refractivity contribution in [3.63, 3.8) is 0 Å². The average molecular weight is 489 g/mol. The van der Waals surface area contributed by atoms with Gasteiger partial charge in [0.25, 0.3) is 5.91 Å². The molecule has 3 aromatic carbocycles. The summed E-state index contributed by atoms with van der Waals surface area (Å²) in [5.41, 5.74) is 1.90. The normalized spacial score (nSPS) is 21.0. The maximum Gasteiger partial charge on any atom is 0.266 e. The molecule has 3 unspecified atom stereocenters. The highest BCUT2D eigenvalue weighted by Crippen LogP contribution is 2.50. The number of imide groups is 1. The van der Waals surface area contributed by atoms with E-state index in [9.17, 15) is 9.59 Å². The van der Waals surface area contributed by atoms with E-state index < -0.39 is 24.0 Å². The first-order valence-corrected chi connectivity index (χ1v) is 11.9. The average Bonchev–Trinajstić information content (AvgIpc) is 3.43. The number of rotatable bonds is 8. The van der Waals surface area contributed by atoms with Gasteiger partial charge in [-0.2, -0.15) is 0 Å². The molecule has 2 aliphatic heterocycles. The van der Waals surface area contributed by atoms with Gasteiger partial charge in [0.15, 0.2) is 6.10 Å². The second kappa shape index (κ2) is 9.91. The Morgan fingerprint density at radius 1 is 0.833 bits per heavy atom. The summed E-state index contributed by atoms with van der Waals surface area (Å²) < 4.78 is 16.7. The van der Waals surface area contributed by atoms with Crippen molar-refractivity contribution in [1.29, 1.82) is 0 Å². The van der Waals surface area contributed by atoms with Gasteiger partial charge in [-0.3, -0.25) is 14.4 Å². The van der Waals surface area contributed by atoms with Crippen molar-refractivity contribution in [2.75, 3.05) is 30.8 Å². The fourth-order valence-corrected chi connectivity index (χ4v) is 4.77. The van der Waals surface area contributed by atoms with Crippen LogP contribution in [-0.4, -0.2) is 38.7 Å². The standard InChI is InChI=1S/C28H28N2O6/c1-4-16-35-20-12-10-18(11-13-20)29-27(31)24-25(22-17-21(33-2)14-15-23(22)34-3)30(36-26(24)28(29)32)19-8-6-5-7-9-19/h5-15,17,24-26H,4,16H2,1-3H3. The third-order valence-electron chi connectivity index (χ3n) is 6.45. The highest BCUT2D eigenvalue weighted by molar-refractivity contribution is 6.24. The van der Waals surface area contributed by atoms with Crippen molar-refractivity contribution in [3.8, 4) is 17.2 Å². The van der Waals surface area contributed by atoms with Crippen LogP contribution in [-0.2, 0) is 14.4 Å². The molecular weight excluding hydrogens is 460 g/mol. The maximum absolute atomic E-state index is 13.9. The van der Waals surface area contributed by atoms with Crippen LogP contribution in [0.25, 0.3) is 0 Å². The summed E-state index contributed by atoms with van der Waals surface area (Å²) >= 11 is 0. The van der Waals surface area contributed by atoms with Gasteiger partial charge in [-0.25, -0.2) is 9.96 Å². The maximum atomic E-state index is 13.9. The molecule has 36 heavy (non-hydrogen) atoms. The van der Waals surface area contributed by atoms with Gasteiger partial charge >= 0.3 is 0 Å². The van der Waals surface area contributed by atoms with Gasteiger partial charge in [0.1, 0.15) is 29.2 Å². The van der Waals surface area contributed by atoms with Crippen LogP contribution in [0.1, 0.15) is 24.9 Å². The lowest BCUT2D eigenvalue weighted by molar-refractivity contribution is -0.126. The molecule has 8 heteroatoms. The van der Waals surface area contributed by atoms with Crippen LogP contribution in [0.4, 0.5) is 11.4 Å². The number of hydroxylamine groups is 1. The van der Waals surface area contributed by atoms with E-state index in [0.717, 1.165) is 12.1 Å². The fourth-order valence-electron chi connectivity index (χ4n) is 4.77. The Balaban J connectivity index is 1.55. The van der Waals surface area contributed by atoms with E-state index in [1.54, 1.807) is 55.7 Å². The number of fused-ring (bicyclic) bond motifs is 1. The number of amides is 2. The molecule has 5 rings (SSSR count). The highest BCUT2D eigenvalue weighted by Gasteiger charge is 2.60. The van der Waals surface area contributed by atoms with Crippen molar-refractivity contribution in [1.82, 2.24) is 0 Å². The predicted octanol–water partition coefficient (Wildman–Crippen LogP) is 4.54. The van der Waals surface area contributed by atoms with E-state index >= 15 is 0 Å². The number of carbonyl (C=O) groups is 2. The van der Waals surface area contributed by atoms with Crippen LogP contribution in [0, 0.1) is 5.92 Å². The molecule has 2 heterocycles. The Labute approximate surface area is 209 Å². The minimum atomic E-state index is -0.977. The van der Waals surface area contributed by atoms with Crippen molar-refractivity contribution >= 4 is 23.2 Å². The molecule has 2 aliphatic rings. The summed E-state index contributed by atoms with van der Waals surface area (Å²) in [5.74, 6) is 0.346. The molecule has 2 saturated heterocycles. The van der Waals surface area contributed by atoms with Crippen molar-refractivity contribution < 1.29 is 28.6 Å². The number of methoxy groups -OCH3 is 2. The lowest BCUT2D eigenvalue weighted by atomic mass is 9.89. The highest BCUT2D eigenvalue weighted by atomic mass is 16.7. The number of ether oxygens (including phenoxy) is 3. The largest absolute Gasteiger partial charge is 0.497 e. The second-order valence-corrected chi connectivity index (χ2v) is 8.62. The van der Waals surface area contributed by atoms with Gasteiger partial charge < -0.3 is 14.2 Å². The number of nitrogens with zero attached hydrogens (tertiary/aromatic N) is 2. The summed E-state index contributed by atoms with van der Waals surface area (Å²) in [4.78, 5) is 34.8. The van der Waals surface area contributed by atoms with Gasteiger partial charge in [0, 0.05) is 5.56 Å². The van der Waals surface area contributed by atoms with Crippen molar-refractivity contribution in [3.05, 3.63) is 78.4 Å². The molecule has 0 N–H and O–H groups in total. The molecule has 2 fully saturated rings. The van der Waals surface area contributed by atoms with E-state index in [4.69, 9.17) is 19.0 Å². The summed E-state index contributed by atoms with van der Waals surface area (Å²) in [5, 5.41) is 1.64. The molecule has 0 spiro atoms. The zero-order valence-corrected chi connectivity index (χ0v) is 20.4. The van der Waals surface area contributed by atoms with Gasteiger partial charge in [-0.1, -0.05) is 25.1 Å². The van der Waals surface area contributed by atoms with E-state index in [1.807, 2.05) is 43.3 Å². The van der Waals surface area contributed by atoms with E-state index in [-0.39, 0.29) is 5.91 Å². The first-order chi connectivity index (χ1) is 17.6. The Morgan fingerprint density at radius 2 is 1.56 bits per heavy atom. The molecule has 3 aromatic rings. The summed E-state index contributed by atoms with van der Waals surface area (Å²) in [6.45, 7) is 2.62. The monoisotopic (exact) mass is 488 g/mol. The first-order valence-electron chi connectivity index (χ1n) is 11.9. The van der Waals surface area contributed by atoms with E-state index in [2.05, 4.69) is 0 Å². The topological polar surface area (TPSA) is 77.5 Å². The third-order valence-corrected chi connectivity index (χ3v) is 6.45. The molecule has 8 nitrogen and oxygen atoms in total. The molecule has 0 radical (unpaired) electrons. The van der Waals surface area contributed by atoms with Crippen molar-refractivity contribution in [2.24, 2.45) is 5.92 Å². The SMILES string of the molecule is CCCOc1ccc(N2C(=O)C3ON(c4ccccc4)C(c4cc(OC)ccc4OC)C3C2=O)cc1. The van der Waals surface area contributed by atoms with Crippen LogP contribution in [0.5, 0.6) is 17.2 Å². The van der Waals surface area contributed by atoms with E-state index in [0.29, 0.717) is 35.1 Å². The van der Waals surface area contributed by atoms with Crippen LogP contribution >= 0.6 is 0 Å².